The van der Waals surface area contributed by atoms with Crippen molar-refractivity contribution >= 4 is 11.0 Å². The van der Waals surface area contributed by atoms with Crippen LogP contribution in [0.2, 0.25) is 0 Å². The fourth-order valence-corrected chi connectivity index (χ4v) is 5.15. The van der Waals surface area contributed by atoms with Crippen LogP contribution < -0.4 is 0 Å². The highest BCUT2D eigenvalue weighted by molar-refractivity contribution is 5.94. The zero-order valence-electron chi connectivity index (χ0n) is 16.8. The van der Waals surface area contributed by atoms with E-state index in [1.807, 2.05) is 0 Å². The maximum absolute atomic E-state index is 5.16. The lowest BCUT2D eigenvalue weighted by molar-refractivity contribution is 0.329. The molecule has 1 heterocycles. The van der Waals surface area contributed by atoms with Crippen LogP contribution in [-0.2, 0) is 12.0 Å². The van der Waals surface area contributed by atoms with Crippen LogP contribution in [0.4, 0.5) is 0 Å². The summed E-state index contributed by atoms with van der Waals surface area (Å²) in [6, 6.07) is 11.3. The van der Waals surface area contributed by atoms with E-state index in [1.165, 1.54) is 70.4 Å². The maximum Gasteiger partial charge on any atom is 0.110 e. The lowest BCUT2D eigenvalue weighted by Crippen LogP contribution is -2.28. The van der Waals surface area contributed by atoms with Gasteiger partial charge in [0.2, 0.25) is 0 Å². The number of para-hydroxylation sites is 1. The van der Waals surface area contributed by atoms with Gasteiger partial charge in [0.25, 0.3) is 0 Å². The summed E-state index contributed by atoms with van der Waals surface area (Å²) in [4.78, 5) is 5.16. The molecule has 1 fully saturated rings. The van der Waals surface area contributed by atoms with Crippen LogP contribution in [0.5, 0.6) is 0 Å². The van der Waals surface area contributed by atoms with E-state index in [4.69, 9.17) is 4.98 Å². The first-order valence-electron chi connectivity index (χ1n) is 10.0. The van der Waals surface area contributed by atoms with Gasteiger partial charge in [0, 0.05) is 17.5 Å². The van der Waals surface area contributed by atoms with Gasteiger partial charge in [-0.2, -0.15) is 0 Å². The number of hydrogen-bond donors (Lipinski definition) is 0. The molecule has 0 bridgehead atoms. The van der Waals surface area contributed by atoms with Crippen molar-refractivity contribution < 1.29 is 0 Å². The van der Waals surface area contributed by atoms with Crippen LogP contribution in [0, 0.1) is 20.8 Å². The van der Waals surface area contributed by atoms with Crippen molar-refractivity contribution in [3.05, 3.63) is 52.8 Å². The molecule has 1 aliphatic carbocycles. The van der Waals surface area contributed by atoms with Crippen LogP contribution >= 0.6 is 0 Å². The molecule has 4 rings (SSSR count). The van der Waals surface area contributed by atoms with Crippen molar-refractivity contribution in [3.63, 3.8) is 0 Å². The third-order valence-electron chi connectivity index (χ3n) is 6.24. The Morgan fingerprint density at radius 2 is 1.69 bits per heavy atom. The quantitative estimate of drug-likeness (QED) is 0.530. The third-order valence-corrected chi connectivity index (χ3v) is 6.24. The number of rotatable bonds is 3. The Kier molecular flexibility index (Phi) is 4.17. The summed E-state index contributed by atoms with van der Waals surface area (Å²) in [5.74, 6) is 1.24. The van der Waals surface area contributed by atoms with Gasteiger partial charge in [0.05, 0.1) is 11.0 Å². The predicted octanol–water partition coefficient (Wildman–Crippen LogP) is 6.48. The maximum atomic E-state index is 5.16. The lowest BCUT2D eigenvalue weighted by atomic mass is 9.93. The van der Waals surface area contributed by atoms with E-state index >= 15 is 0 Å². The second-order valence-corrected chi connectivity index (χ2v) is 8.37. The van der Waals surface area contributed by atoms with Crippen LogP contribution in [0.3, 0.4) is 0 Å². The molecule has 0 spiro atoms. The zero-order chi connectivity index (χ0) is 18.5. The molecular weight excluding hydrogens is 316 g/mol. The number of hydrogen-bond acceptors (Lipinski definition) is 1. The monoisotopic (exact) mass is 346 g/mol. The molecule has 0 atom stereocenters. The minimum absolute atomic E-state index is 0.218. The lowest BCUT2D eigenvalue weighted by Gasteiger charge is -2.28. The van der Waals surface area contributed by atoms with E-state index < -0.39 is 0 Å². The number of nitrogens with zero attached hydrogens (tertiary/aromatic N) is 2. The van der Waals surface area contributed by atoms with Gasteiger partial charge in [0.1, 0.15) is 5.82 Å². The van der Waals surface area contributed by atoms with E-state index in [1.54, 1.807) is 0 Å². The molecule has 2 heteroatoms. The normalized spacial score (nSPS) is 16.5. The fourth-order valence-electron chi connectivity index (χ4n) is 5.15. The molecule has 136 valence electrons. The van der Waals surface area contributed by atoms with Crippen molar-refractivity contribution in [1.29, 1.82) is 0 Å². The molecule has 0 aliphatic heterocycles. The summed E-state index contributed by atoms with van der Waals surface area (Å²) < 4.78 is 2.57. The summed E-state index contributed by atoms with van der Waals surface area (Å²) in [5, 5.41) is 0. The molecule has 2 nitrogen and oxygen atoms in total. The second kappa shape index (κ2) is 6.26. The molecule has 1 aliphatic rings. The van der Waals surface area contributed by atoms with E-state index in [0.717, 1.165) is 6.42 Å². The van der Waals surface area contributed by atoms with Gasteiger partial charge in [-0.15, -0.1) is 0 Å². The van der Waals surface area contributed by atoms with Crippen molar-refractivity contribution in [3.8, 4) is 11.1 Å². The predicted molar refractivity (Wildman–Crippen MR) is 111 cm³/mol. The highest BCUT2D eigenvalue weighted by atomic mass is 15.1. The summed E-state index contributed by atoms with van der Waals surface area (Å²) in [6.07, 6.45) is 6.16. The molecule has 0 radical (unpaired) electrons. The number of aromatic nitrogens is 2. The topological polar surface area (TPSA) is 17.8 Å². The molecule has 0 saturated heterocycles. The van der Waals surface area contributed by atoms with E-state index in [-0.39, 0.29) is 5.54 Å². The largest absolute Gasteiger partial charge is 0.322 e. The van der Waals surface area contributed by atoms with Crippen molar-refractivity contribution in [2.75, 3.05) is 0 Å². The van der Waals surface area contributed by atoms with Crippen molar-refractivity contribution in [1.82, 2.24) is 9.55 Å². The van der Waals surface area contributed by atoms with Gasteiger partial charge in [-0.05, 0) is 63.3 Å². The molecule has 1 aromatic heterocycles. The first-order chi connectivity index (χ1) is 12.4. The summed E-state index contributed by atoms with van der Waals surface area (Å²) in [7, 11) is 0. The fraction of sp³-hybridized carbons (Fsp3) is 0.458. The van der Waals surface area contributed by atoms with Crippen LogP contribution in [0.25, 0.3) is 22.2 Å². The van der Waals surface area contributed by atoms with Gasteiger partial charge in [0.15, 0.2) is 0 Å². The van der Waals surface area contributed by atoms with E-state index in [9.17, 15) is 0 Å². The number of fused-ring (bicyclic) bond motifs is 1. The number of benzene rings is 2. The van der Waals surface area contributed by atoms with Gasteiger partial charge in [-0.1, -0.05) is 49.6 Å². The smallest absolute Gasteiger partial charge is 0.110 e. The highest BCUT2D eigenvalue weighted by Crippen LogP contribution is 2.41. The molecule has 0 unspecified atom stereocenters. The Labute approximate surface area is 157 Å². The minimum Gasteiger partial charge on any atom is -0.322 e. The molecule has 2 aromatic carbocycles. The SMILES string of the molecule is CCc1nc2c(-c3c(C)cc(C)cc3C)cccc2n1C1(C)CCCC1. The van der Waals surface area contributed by atoms with Crippen molar-refractivity contribution in [2.24, 2.45) is 0 Å². The molecule has 3 aromatic rings. The summed E-state index contributed by atoms with van der Waals surface area (Å²) in [6.45, 7) is 11.3. The average Bonchev–Trinajstić information content (AvgIpc) is 3.18. The zero-order valence-corrected chi connectivity index (χ0v) is 16.8. The Hall–Kier alpha value is -2.09. The molecule has 26 heavy (non-hydrogen) atoms. The minimum atomic E-state index is 0.218. The average molecular weight is 347 g/mol. The van der Waals surface area contributed by atoms with E-state index in [0.29, 0.717) is 0 Å². The molecule has 0 amide bonds. The molecular formula is C24H30N2. The van der Waals surface area contributed by atoms with Crippen LogP contribution in [0.1, 0.15) is 62.0 Å². The highest BCUT2D eigenvalue weighted by Gasteiger charge is 2.34. The molecule has 1 saturated carbocycles. The molecule has 0 N–H and O–H groups in total. The second-order valence-electron chi connectivity index (χ2n) is 8.37. The van der Waals surface area contributed by atoms with Crippen molar-refractivity contribution in [2.45, 2.75) is 72.3 Å². The first-order valence-corrected chi connectivity index (χ1v) is 10.0. The third kappa shape index (κ3) is 2.58. The van der Waals surface area contributed by atoms with Gasteiger partial charge in [-0.25, -0.2) is 4.98 Å². The Morgan fingerprint density at radius 1 is 1.04 bits per heavy atom. The summed E-state index contributed by atoms with van der Waals surface area (Å²) in [5.41, 5.74) is 9.35. The van der Waals surface area contributed by atoms with Gasteiger partial charge in [-0.3, -0.25) is 0 Å². The van der Waals surface area contributed by atoms with Gasteiger partial charge >= 0.3 is 0 Å². The Balaban J connectivity index is 2.01. The standard InChI is InChI=1S/C24H30N2/c1-6-21-25-23-19(22-17(3)14-16(2)15-18(22)4)10-9-11-20(23)26(21)24(5)12-7-8-13-24/h9-11,14-15H,6-8,12-13H2,1-5H3. The Morgan fingerprint density at radius 3 is 2.31 bits per heavy atom. The van der Waals surface area contributed by atoms with Crippen LogP contribution in [-0.4, -0.2) is 9.55 Å². The van der Waals surface area contributed by atoms with Crippen LogP contribution in [0.15, 0.2) is 30.3 Å². The van der Waals surface area contributed by atoms with Gasteiger partial charge < -0.3 is 4.57 Å². The summed E-state index contributed by atoms with van der Waals surface area (Å²) >= 11 is 0. The van der Waals surface area contributed by atoms with E-state index in [2.05, 4.69) is 69.5 Å². The first kappa shape index (κ1) is 17.3. The number of imidazole rings is 1. The Bertz CT molecular complexity index is 948. The number of aryl methyl sites for hydroxylation is 4.